The second-order valence-electron chi connectivity index (χ2n) is 4.61. The van der Waals surface area contributed by atoms with Gasteiger partial charge in [0.25, 0.3) is 0 Å². The van der Waals surface area contributed by atoms with Crippen LogP contribution in [0.3, 0.4) is 0 Å². The van der Waals surface area contributed by atoms with Crippen molar-refractivity contribution in [2.24, 2.45) is 4.99 Å². The fourth-order valence-corrected chi connectivity index (χ4v) is 1.59. The van der Waals surface area contributed by atoms with Gasteiger partial charge < -0.3 is 14.6 Å². The van der Waals surface area contributed by atoms with Gasteiger partial charge in [0.2, 0.25) is 5.90 Å². The molecule has 4 heteroatoms. The number of aliphatic imine (C=N–C) groups is 1. The second-order valence-corrected chi connectivity index (χ2v) is 4.61. The van der Waals surface area contributed by atoms with Crippen molar-refractivity contribution in [3.8, 4) is 5.75 Å². The smallest absolute Gasteiger partial charge is 0.216 e. The molecule has 0 radical (unpaired) electrons. The van der Waals surface area contributed by atoms with Crippen LogP contribution in [0.1, 0.15) is 19.4 Å². The predicted octanol–water partition coefficient (Wildman–Crippen LogP) is 1.61. The van der Waals surface area contributed by atoms with Gasteiger partial charge in [-0.1, -0.05) is 0 Å². The number of hydrogen-bond donors (Lipinski definition) is 1. The van der Waals surface area contributed by atoms with Gasteiger partial charge in [-0.05, 0) is 38.1 Å². The highest BCUT2D eigenvalue weighted by Gasteiger charge is 2.26. The van der Waals surface area contributed by atoms with E-state index in [1.54, 1.807) is 0 Å². The van der Waals surface area contributed by atoms with Gasteiger partial charge in [-0.2, -0.15) is 0 Å². The number of hydrogen-bond acceptors (Lipinski definition) is 4. The Hall–Kier alpha value is -1.55. The largest absolute Gasteiger partial charge is 0.491 e. The monoisotopic (exact) mass is 235 g/mol. The lowest BCUT2D eigenvalue weighted by molar-refractivity contribution is 0.201. The molecule has 0 fully saturated rings. The zero-order valence-corrected chi connectivity index (χ0v) is 10.1. The summed E-state index contributed by atoms with van der Waals surface area (Å²) in [6.45, 7) is 5.03. The summed E-state index contributed by atoms with van der Waals surface area (Å²) in [6, 6.07) is 7.52. The summed E-state index contributed by atoms with van der Waals surface area (Å²) in [5, 5.41) is 8.65. The number of aliphatic hydroxyl groups excluding tert-OH is 1. The van der Waals surface area contributed by atoms with Crippen LogP contribution in [0.25, 0.3) is 0 Å². The molecule has 0 saturated heterocycles. The molecular weight excluding hydrogens is 218 g/mol. The summed E-state index contributed by atoms with van der Waals surface area (Å²) in [6.07, 6.45) is 0. The van der Waals surface area contributed by atoms with E-state index in [2.05, 4.69) is 4.99 Å². The third-order valence-electron chi connectivity index (χ3n) is 2.43. The Kier molecular flexibility index (Phi) is 3.33. The molecule has 0 unspecified atom stereocenters. The summed E-state index contributed by atoms with van der Waals surface area (Å²) >= 11 is 0. The number of nitrogens with zero attached hydrogens (tertiary/aromatic N) is 1. The third kappa shape index (κ3) is 2.97. The minimum absolute atomic E-state index is 0.0196. The van der Waals surface area contributed by atoms with Crippen LogP contribution < -0.4 is 4.74 Å². The van der Waals surface area contributed by atoms with Gasteiger partial charge in [0.1, 0.15) is 19.0 Å². The third-order valence-corrected chi connectivity index (χ3v) is 2.43. The molecule has 0 bridgehead atoms. The van der Waals surface area contributed by atoms with Crippen molar-refractivity contribution in [1.29, 1.82) is 0 Å². The van der Waals surface area contributed by atoms with Crippen molar-refractivity contribution in [2.75, 3.05) is 19.8 Å². The molecule has 1 heterocycles. The maximum absolute atomic E-state index is 8.65. The molecule has 1 aromatic rings. The van der Waals surface area contributed by atoms with Crippen LogP contribution in [0.4, 0.5) is 0 Å². The SMILES string of the molecule is CC1(C)COC(c2ccc(OCCO)cc2)=N1. The molecule has 0 amide bonds. The molecule has 1 aromatic carbocycles. The molecule has 0 atom stereocenters. The van der Waals surface area contributed by atoms with Crippen LogP contribution in [-0.2, 0) is 4.74 Å². The number of rotatable bonds is 4. The van der Waals surface area contributed by atoms with Gasteiger partial charge >= 0.3 is 0 Å². The van der Waals surface area contributed by atoms with Gasteiger partial charge in [0.15, 0.2) is 0 Å². The minimum atomic E-state index is -0.138. The fourth-order valence-electron chi connectivity index (χ4n) is 1.59. The molecule has 17 heavy (non-hydrogen) atoms. The number of aliphatic hydroxyl groups is 1. The Balaban J connectivity index is 2.08. The van der Waals surface area contributed by atoms with E-state index in [4.69, 9.17) is 14.6 Å². The molecule has 0 saturated carbocycles. The normalized spacial score (nSPS) is 17.5. The fraction of sp³-hybridized carbons (Fsp3) is 0.462. The van der Waals surface area contributed by atoms with Crippen molar-refractivity contribution in [3.05, 3.63) is 29.8 Å². The van der Waals surface area contributed by atoms with E-state index < -0.39 is 0 Å². The van der Waals surface area contributed by atoms with E-state index in [1.165, 1.54) is 0 Å². The lowest BCUT2D eigenvalue weighted by atomic mass is 10.1. The topological polar surface area (TPSA) is 51.0 Å². The molecule has 0 spiro atoms. The van der Waals surface area contributed by atoms with E-state index in [9.17, 15) is 0 Å². The van der Waals surface area contributed by atoms with E-state index in [1.807, 2.05) is 38.1 Å². The van der Waals surface area contributed by atoms with E-state index in [0.717, 1.165) is 11.3 Å². The van der Waals surface area contributed by atoms with Gasteiger partial charge in [0, 0.05) is 5.56 Å². The van der Waals surface area contributed by atoms with Gasteiger partial charge in [-0.15, -0.1) is 0 Å². The van der Waals surface area contributed by atoms with Crippen molar-refractivity contribution in [1.82, 2.24) is 0 Å². The Bertz CT molecular complexity index is 409. The Labute approximate surface area is 101 Å². The van der Waals surface area contributed by atoms with E-state index in [0.29, 0.717) is 19.1 Å². The lowest BCUT2D eigenvalue weighted by Crippen LogP contribution is -2.17. The van der Waals surface area contributed by atoms with Crippen molar-refractivity contribution in [3.63, 3.8) is 0 Å². The average Bonchev–Trinajstić information content (AvgIpc) is 2.68. The summed E-state index contributed by atoms with van der Waals surface area (Å²) < 4.78 is 10.8. The van der Waals surface area contributed by atoms with Crippen LogP contribution in [-0.4, -0.2) is 36.4 Å². The van der Waals surface area contributed by atoms with Crippen LogP contribution in [0.2, 0.25) is 0 Å². The Morgan fingerprint density at radius 1 is 1.35 bits per heavy atom. The Morgan fingerprint density at radius 3 is 2.59 bits per heavy atom. The van der Waals surface area contributed by atoms with Gasteiger partial charge in [0.05, 0.1) is 12.1 Å². The first-order valence-corrected chi connectivity index (χ1v) is 5.67. The van der Waals surface area contributed by atoms with Crippen LogP contribution in [0, 0.1) is 0 Å². The molecule has 92 valence electrons. The van der Waals surface area contributed by atoms with Crippen LogP contribution in [0.15, 0.2) is 29.3 Å². The van der Waals surface area contributed by atoms with Crippen molar-refractivity contribution < 1.29 is 14.6 Å². The highest BCUT2D eigenvalue weighted by atomic mass is 16.5. The highest BCUT2D eigenvalue weighted by Crippen LogP contribution is 2.21. The molecular formula is C13H17NO3. The first-order valence-electron chi connectivity index (χ1n) is 5.67. The maximum atomic E-state index is 8.65. The molecule has 1 aliphatic rings. The molecule has 2 rings (SSSR count). The molecule has 0 aliphatic carbocycles. The minimum Gasteiger partial charge on any atom is -0.491 e. The lowest BCUT2D eigenvalue weighted by Gasteiger charge is -2.07. The van der Waals surface area contributed by atoms with E-state index >= 15 is 0 Å². The molecule has 0 aromatic heterocycles. The molecule has 1 N–H and O–H groups in total. The average molecular weight is 235 g/mol. The quantitative estimate of drug-likeness (QED) is 0.862. The highest BCUT2D eigenvalue weighted by molar-refractivity contribution is 5.95. The predicted molar refractivity (Wildman–Crippen MR) is 65.6 cm³/mol. The number of ether oxygens (including phenoxy) is 2. The summed E-state index contributed by atoms with van der Waals surface area (Å²) in [5.41, 5.74) is 0.813. The summed E-state index contributed by atoms with van der Waals surface area (Å²) in [5.74, 6) is 1.42. The second kappa shape index (κ2) is 4.75. The van der Waals surface area contributed by atoms with Gasteiger partial charge in [-0.25, -0.2) is 4.99 Å². The first kappa shape index (κ1) is 11.9. The Morgan fingerprint density at radius 2 is 2.06 bits per heavy atom. The number of benzene rings is 1. The maximum Gasteiger partial charge on any atom is 0.216 e. The van der Waals surface area contributed by atoms with Crippen molar-refractivity contribution >= 4 is 5.90 Å². The van der Waals surface area contributed by atoms with Crippen molar-refractivity contribution in [2.45, 2.75) is 19.4 Å². The zero-order valence-electron chi connectivity index (χ0n) is 10.1. The first-order chi connectivity index (χ1) is 8.11. The molecule has 4 nitrogen and oxygen atoms in total. The van der Waals surface area contributed by atoms with Gasteiger partial charge in [-0.3, -0.25) is 0 Å². The van der Waals surface area contributed by atoms with E-state index in [-0.39, 0.29) is 12.1 Å². The van der Waals surface area contributed by atoms with Crippen LogP contribution >= 0.6 is 0 Å². The summed E-state index contributed by atoms with van der Waals surface area (Å²) in [4.78, 5) is 4.50. The van der Waals surface area contributed by atoms with Crippen LogP contribution in [0.5, 0.6) is 5.75 Å². The molecule has 1 aliphatic heterocycles. The summed E-state index contributed by atoms with van der Waals surface area (Å²) in [7, 11) is 0. The standard InChI is InChI=1S/C13H17NO3/c1-13(2)9-17-12(14-13)10-3-5-11(6-4-10)16-8-7-15/h3-6,15H,7-9H2,1-2H3. The zero-order chi connectivity index (χ0) is 12.3.